The minimum atomic E-state index is -4.86. The summed E-state index contributed by atoms with van der Waals surface area (Å²) < 4.78 is 39.0. The SMILES string of the molecule is N#Cc1cccc(C23CCCC(CC2)N3C(=O)C(F)(F)F)c1. The predicted octanol–water partition coefficient (Wildman–Crippen LogP) is 3.49. The van der Waals surface area contributed by atoms with Crippen LogP contribution in [0.4, 0.5) is 13.2 Å². The van der Waals surface area contributed by atoms with Gasteiger partial charge in [0, 0.05) is 6.04 Å². The third kappa shape index (κ3) is 2.16. The van der Waals surface area contributed by atoms with Crippen LogP contribution in [0.2, 0.25) is 0 Å². The lowest BCUT2D eigenvalue weighted by molar-refractivity contribution is -0.194. The lowest BCUT2D eigenvalue weighted by Gasteiger charge is -2.45. The van der Waals surface area contributed by atoms with Crippen LogP contribution in [0.3, 0.4) is 0 Å². The maximum Gasteiger partial charge on any atom is 0.471 e. The van der Waals surface area contributed by atoms with Crippen molar-refractivity contribution in [2.24, 2.45) is 0 Å². The standard InChI is InChI=1S/C16H15F3N2O/c17-16(18,19)14(22)21-13-5-2-7-15(21,8-6-13)12-4-1-3-11(9-12)10-20/h1,3-4,9,13H,2,5-8H2. The number of amides is 1. The number of nitrogens with zero attached hydrogens (tertiary/aromatic N) is 2. The monoisotopic (exact) mass is 308 g/mol. The fraction of sp³-hybridized carbons (Fsp3) is 0.500. The highest BCUT2D eigenvalue weighted by Crippen LogP contribution is 2.51. The van der Waals surface area contributed by atoms with Crippen molar-refractivity contribution in [2.75, 3.05) is 0 Å². The van der Waals surface area contributed by atoms with Gasteiger partial charge in [-0.2, -0.15) is 18.4 Å². The molecule has 0 saturated carbocycles. The summed E-state index contributed by atoms with van der Waals surface area (Å²) in [5, 5.41) is 9.02. The number of alkyl halides is 3. The number of carbonyl (C=O) groups excluding carboxylic acids is 1. The van der Waals surface area contributed by atoms with Crippen molar-refractivity contribution >= 4 is 5.91 Å². The Hall–Kier alpha value is -2.03. The van der Waals surface area contributed by atoms with Crippen LogP contribution in [-0.2, 0) is 10.3 Å². The van der Waals surface area contributed by atoms with E-state index in [4.69, 9.17) is 5.26 Å². The predicted molar refractivity (Wildman–Crippen MR) is 72.6 cm³/mol. The van der Waals surface area contributed by atoms with E-state index in [1.807, 2.05) is 6.07 Å². The molecule has 1 amide bonds. The summed E-state index contributed by atoms with van der Waals surface area (Å²) in [6.45, 7) is 0. The number of carbonyl (C=O) groups is 1. The molecule has 2 heterocycles. The second-order valence-corrected chi connectivity index (χ2v) is 5.98. The van der Waals surface area contributed by atoms with Crippen molar-refractivity contribution in [3.05, 3.63) is 35.4 Å². The van der Waals surface area contributed by atoms with E-state index < -0.39 is 17.6 Å². The first-order valence-electron chi connectivity index (χ1n) is 7.30. The Labute approximate surface area is 126 Å². The van der Waals surface area contributed by atoms with Gasteiger partial charge in [-0.25, -0.2) is 0 Å². The molecule has 2 atom stereocenters. The topological polar surface area (TPSA) is 44.1 Å². The molecule has 22 heavy (non-hydrogen) atoms. The molecule has 2 aliphatic heterocycles. The zero-order valence-electron chi connectivity index (χ0n) is 11.9. The van der Waals surface area contributed by atoms with Crippen molar-refractivity contribution in [1.82, 2.24) is 4.90 Å². The molecule has 116 valence electrons. The quantitative estimate of drug-likeness (QED) is 0.797. The minimum Gasteiger partial charge on any atom is -0.322 e. The lowest BCUT2D eigenvalue weighted by atomic mass is 9.81. The van der Waals surface area contributed by atoms with Gasteiger partial charge in [-0.3, -0.25) is 4.79 Å². The molecule has 2 saturated heterocycles. The van der Waals surface area contributed by atoms with Crippen LogP contribution >= 0.6 is 0 Å². The molecule has 0 aromatic heterocycles. The number of piperidine rings is 1. The van der Waals surface area contributed by atoms with Crippen LogP contribution in [-0.4, -0.2) is 23.0 Å². The average Bonchev–Trinajstić information content (AvgIpc) is 2.72. The number of rotatable bonds is 1. The van der Waals surface area contributed by atoms with E-state index in [1.54, 1.807) is 24.3 Å². The number of nitriles is 1. The fourth-order valence-electron chi connectivity index (χ4n) is 3.96. The molecule has 1 aromatic rings. The molecule has 0 N–H and O–H groups in total. The van der Waals surface area contributed by atoms with E-state index in [2.05, 4.69) is 0 Å². The van der Waals surface area contributed by atoms with Crippen LogP contribution in [0.5, 0.6) is 0 Å². The summed E-state index contributed by atoms with van der Waals surface area (Å²) >= 11 is 0. The molecule has 3 nitrogen and oxygen atoms in total. The van der Waals surface area contributed by atoms with E-state index in [0.29, 0.717) is 36.8 Å². The summed E-state index contributed by atoms with van der Waals surface area (Å²) in [4.78, 5) is 13.0. The Morgan fingerprint density at radius 2 is 2.09 bits per heavy atom. The Balaban J connectivity index is 2.09. The van der Waals surface area contributed by atoms with Crippen molar-refractivity contribution in [3.63, 3.8) is 0 Å². The average molecular weight is 308 g/mol. The van der Waals surface area contributed by atoms with E-state index >= 15 is 0 Å². The molecule has 3 rings (SSSR count). The number of fused-ring (bicyclic) bond motifs is 2. The first kappa shape index (κ1) is 14.9. The molecular weight excluding hydrogens is 293 g/mol. The van der Waals surface area contributed by atoms with Gasteiger partial charge in [0.05, 0.1) is 17.2 Å². The lowest BCUT2D eigenvalue weighted by Crippen LogP contribution is -2.55. The van der Waals surface area contributed by atoms with Crippen LogP contribution in [0.1, 0.15) is 43.2 Å². The van der Waals surface area contributed by atoms with Gasteiger partial charge in [-0.1, -0.05) is 12.1 Å². The van der Waals surface area contributed by atoms with Gasteiger partial charge in [-0.05, 0) is 49.8 Å². The third-order valence-electron chi connectivity index (χ3n) is 4.84. The van der Waals surface area contributed by atoms with E-state index in [9.17, 15) is 18.0 Å². The molecule has 2 unspecified atom stereocenters. The van der Waals surface area contributed by atoms with E-state index in [0.717, 1.165) is 11.3 Å². The molecular formula is C16H15F3N2O. The third-order valence-corrected chi connectivity index (χ3v) is 4.84. The molecule has 0 radical (unpaired) electrons. The summed E-state index contributed by atoms with van der Waals surface area (Å²) in [5.41, 5.74) is 0.134. The number of hydrogen-bond acceptors (Lipinski definition) is 2. The zero-order chi connectivity index (χ0) is 16.0. The molecule has 1 aromatic carbocycles. The normalized spacial score (nSPS) is 27.5. The maximum absolute atomic E-state index is 13.0. The number of hydrogen-bond donors (Lipinski definition) is 0. The molecule has 2 fully saturated rings. The maximum atomic E-state index is 13.0. The largest absolute Gasteiger partial charge is 0.471 e. The number of benzene rings is 1. The van der Waals surface area contributed by atoms with Crippen LogP contribution in [0.15, 0.2) is 24.3 Å². The van der Waals surface area contributed by atoms with Crippen molar-refractivity contribution in [3.8, 4) is 6.07 Å². The minimum absolute atomic E-state index is 0.353. The molecule has 2 aliphatic rings. The zero-order valence-corrected chi connectivity index (χ0v) is 11.9. The first-order valence-corrected chi connectivity index (χ1v) is 7.30. The van der Waals surface area contributed by atoms with Gasteiger partial charge in [0.2, 0.25) is 0 Å². The highest BCUT2D eigenvalue weighted by atomic mass is 19.4. The van der Waals surface area contributed by atoms with Gasteiger partial charge in [0.1, 0.15) is 0 Å². The van der Waals surface area contributed by atoms with Gasteiger partial charge >= 0.3 is 12.1 Å². The van der Waals surface area contributed by atoms with Crippen molar-refractivity contribution in [1.29, 1.82) is 5.26 Å². The van der Waals surface area contributed by atoms with Crippen molar-refractivity contribution in [2.45, 2.75) is 49.9 Å². The summed E-state index contributed by atoms with van der Waals surface area (Å²) in [6, 6.07) is 8.28. The Morgan fingerprint density at radius 1 is 1.32 bits per heavy atom. The van der Waals surface area contributed by atoms with Crippen LogP contribution in [0.25, 0.3) is 0 Å². The first-order chi connectivity index (χ1) is 10.4. The highest BCUT2D eigenvalue weighted by Gasteiger charge is 2.57. The van der Waals surface area contributed by atoms with Gasteiger partial charge in [0.25, 0.3) is 0 Å². The van der Waals surface area contributed by atoms with Crippen molar-refractivity contribution < 1.29 is 18.0 Å². The summed E-state index contributed by atoms with van der Waals surface area (Å²) in [5.74, 6) is -1.75. The Morgan fingerprint density at radius 3 is 2.77 bits per heavy atom. The van der Waals surface area contributed by atoms with E-state index in [-0.39, 0.29) is 6.04 Å². The number of halogens is 3. The van der Waals surface area contributed by atoms with E-state index in [1.165, 1.54) is 0 Å². The highest BCUT2D eigenvalue weighted by molar-refractivity contribution is 5.83. The molecule has 6 heteroatoms. The smallest absolute Gasteiger partial charge is 0.322 e. The van der Waals surface area contributed by atoms with Crippen LogP contribution in [0, 0.1) is 11.3 Å². The second kappa shape index (κ2) is 5.01. The second-order valence-electron chi connectivity index (χ2n) is 5.98. The summed E-state index contributed by atoms with van der Waals surface area (Å²) in [7, 11) is 0. The molecule has 0 spiro atoms. The summed E-state index contributed by atoms with van der Waals surface area (Å²) in [6.07, 6.45) is -1.84. The Kier molecular flexibility index (Phi) is 3.39. The van der Waals surface area contributed by atoms with Gasteiger partial charge in [-0.15, -0.1) is 0 Å². The molecule has 2 bridgehead atoms. The van der Waals surface area contributed by atoms with Gasteiger partial charge in [0.15, 0.2) is 0 Å². The van der Waals surface area contributed by atoms with Crippen LogP contribution < -0.4 is 0 Å². The van der Waals surface area contributed by atoms with Gasteiger partial charge < -0.3 is 4.90 Å². The Bertz CT molecular complexity index is 646. The molecule has 0 aliphatic carbocycles. The fourth-order valence-corrected chi connectivity index (χ4v) is 3.96.